The molecule has 27 heavy (non-hydrogen) atoms. The standard InChI is InChI=1S/C21H33N3O.2ClH/c1-15(2)13-24(14-16(3)4)8-7-22-20-11-19(25-6)10-18-9-17(5)12-23-21(18)20;;/h9-12,15-16,22H,7-8,13-14H2,1-6H3;2*1H. The monoisotopic (exact) mass is 415 g/mol. The summed E-state index contributed by atoms with van der Waals surface area (Å²) in [5.74, 6) is 2.23. The van der Waals surface area contributed by atoms with Gasteiger partial charge in [0.05, 0.1) is 18.3 Å². The Kier molecular flexibility index (Phi) is 11.7. The number of anilines is 1. The van der Waals surface area contributed by atoms with E-state index in [1.807, 2.05) is 18.3 Å². The van der Waals surface area contributed by atoms with Gasteiger partial charge >= 0.3 is 0 Å². The van der Waals surface area contributed by atoms with Crippen molar-refractivity contribution in [3.05, 3.63) is 30.0 Å². The highest BCUT2D eigenvalue weighted by Gasteiger charge is 2.11. The van der Waals surface area contributed by atoms with Crippen molar-refractivity contribution in [1.82, 2.24) is 9.88 Å². The fourth-order valence-corrected chi connectivity index (χ4v) is 3.22. The molecule has 0 aliphatic heterocycles. The van der Waals surface area contributed by atoms with E-state index in [9.17, 15) is 0 Å². The average Bonchev–Trinajstić information content (AvgIpc) is 2.52. The lowest BCUT2D eigenvalue weighted by Crippen LogP contribution is -2.35. The van der Waals surface area contributed by atoms with Crippen molar-refractivity contribution in [2.24, 2.45) is 11.8 Å². The van der Waals surface area contributed by atoms with Gasteiger partial charge in [-0.15, -0.1) is 24.8 Å². The predicted octanol–water partition coefficient (Wildman–Crippen LogP) is 5.42. The van der Waals surface area contributed by atoms with Crippen LogP contribution >= 0.6 is 24.8 Å². The Morgan fingerprint density at radius 1 is 1.04 bits per heavy atom. The van der Waals surface area contributed by atoms with E-state index in [4.69, 9.17) is 4.74 Å². The van der Waals surface area contributed by atoms with Crippen LogP contribution in [-0.2, 0) is 0 Å². The molecule has 2 aromatic rings. The Balaban J connectivity index is 0.00000338. The number of nitrogens with one attached hydrogen (secondary N) is 1. The minimum atomic E-state index is 0. The summed E-state index contributed by atoms with van der Waals surface area (Å²) in [7, 11) is 1.71. The van der Waals surface area contributed by atoms with Crippen LogP contribution in [0.15, 0.2) is 24.4 Å². The van der Waals surface area contributed by atoms with Crippen LogP contribution in [0.1, 0.15) is 33.3 Å². The molecule has 1 heterocycles. The normalized spacial score (nSPS) is 10.9. The summed E-state index contributed by atoms with van der Waals surface area (Å²) < 4.78 is 5.46. The Morgan fingerprint density at radius 3 is 2.22 bits per heavy atom. The van der Waals surface area contributed by atoms with Crippen LogP contribution in [0.5, 0.6) is 5.75 Å². The number of aromatic nitrogens is 1. The second-order valence-electron chi connectivity index (χ2n) is 7.73. The first kappa shape index (κ1) is 25.8. The number of pyridine rings is 1. The molecule has 1 aromatic carbocycles. The minimum absolute atomic E-state index is 0. The Labute approximate surface area is 176 Å². The van der Waals surface area contributed by atoms with E-state index in [1.165, 1.54) is 0 Å². The van der Waals surface area contributed by atoms with E-state index in [-0.39, 0.29) is 24.8 Å². The van der Waals surface area contributed by atoms with Crippen LogP contribution in [0.4, 0.5) is 5.69 Å². The third-order valence-electron chi connectivity index (χ3n) is 4.12. The average molecular weight is 416 g/mol. The minimum Gasteiger partial charge on any atom is -0.497 e. The number of methoxy groups -OCH3 is 1. The molecular formula is C21H35Cl2N3O. The SMILES string of the molecule is COc1cc(NCCN(CC(C)C)CC(C)C)c2ncc(C)cc2c1.Cl.Cl. The zero-order valence-electron chi connectivity index (χ0n) is 17.4. The van der Waals surface area contributed by atoms with E-state index in [1.54, 1.807) is 7.11 Å². The highest BCUT2D eigenvalue weighted by atomic mass is 35.5. The molecule has 154 valence electrons. The molecule has 0 saturated heterocycles. The van der Waals surface area contributed by atoms with Gasteiger partial charge in [-0.3, -0.25) is 4.98 Å². The van der Waals surface area contributed by atoms with Crippen LogP contribution in [0.25, 0.3) is 10.9 Å². The first-order valence-corrected chi connectivity index (χ1v) is 9.29. The number of hydrogen-bond donors (Lipinski definition) is 1. The Bertz CT molecular complexity index is 682. The van der Waals surface area contributed by atoms with Gasteiger partial charge < -0.3 is 15.0 Å². The first-order chi connectivity index (χ1) is 11.9. The second kappa shape index (κ2) is 12.3. The van der Waals surface area contributed by atoms with Crippen molar-refractivity contribution < 1.29 is 4.74 Å². The van der Waals surface area contributed by atoms with E-state index in [0.29, 0.717) is 11.8 Å². The number of benzene rings is 1. The van der Waals surface area contributed by atoms with Gasteiger partial charge in [0.2, 0.25) is 0 Å². The van der Waals surface area contributed by atoms with E-state index >= 15 is 0 Å². The summed E-state index contributed by atoms with van der Waals surface area (Å²) >= 11 is 0. The zero-order valence-corrected chi connectivity index (χ0v) is 19.0. The predicted molar refractivity (Wildman–Crippen MR) is 122 cm³/mol. The van der Waals surface area contributed by atoms with Crippen molar-refractivity contribution in [2.45, 2.75) is 34.6 Å². The van der Waals surface area contributed by atoms with Crippen LogP contribution in [0, 0.1) is 18.8 Å². The number of halogens is 2. The summed E-state index contributed by atoms with van der Waals surface area (Å²) in [6.45, 7) is 15.4. The topological polar surface area (TPSA) is 37.4 Å². The van der Waals surface area contributed by atoms with Crippen molar-refractivity contribution in [3.8, 4) is 5.75 Å². The molecule has 0 fully saturated rings. The van der Waals surface area contributed by atoms with Gasteiger partial charge in [-0.05, 0) is 36.5 Å². The third kappa shape index (κ3) is 8.12. The van der Waals surface area contributed by atoms with E-state index < -0.39 is 0 Å². The summed E-state index contributed by atoms with van der Waals surface area (Å²) in [5.41, 5.74) is 3.21. The van der Waals surface area contributed by atoms with Gasteiger partial charge in [-0.1, -0.05) is 27.7 Å². The molecule has 1 aromatic heterocycles. The quantitative estimate of drug-likeness (QED) is 0.592. The molecule has 0 radical (unpaired) electrons. The number of hydrogen-bond acceptors (Lipinski definition) is 4. The number of rotatable bonds is 9. The summed E-state index contributed by atoms with van der Waals surface area (Å²) in [5, 5.41) is 4.69. The third-order valence-corrected chi connectivity index (χ3v) is 4.12. The lowest BCUT2D eigenvalue weighted by molar-refractivity contribution is 0.227. The smallest absolute Gasteiger partial charge is 0.121 e. The maximum Gasteiger partial charge on any atom is 0.121 e. The van der Waals surface area contributed by atoms with Gasteiger partial charge in [-0.25, -0.2) is 0 Å². The highest BCUT2D eigenvalue weighted by Crippen LogP contribution is 2.28. The number of aryl methyl sites for hydroxylation is 1. The van der Waals surface area contributed by atoms with Crippen LogP contribution in [0.3, 0.4) is 0 Å². The summed E-state index contributed by atoms with van der Waals surface area (Å²) in [6.07, 6.45) is 1.92. The maximum atomic E-state index is 5.46. The number of ether oxygens (including phenoxy) is 1. The lowest BCUT2D eigenvalue weighted by Gasteiger charge is -2.26. The summed E-state index contributed by atoms with van der Waals surface area (Å²) in [6, 6.07) is 6.24. The Morgan fingerprint density at radius 2 is 1.67 bits per heavy atom. The molecule has 6 heteroatoms. The van der Waals surface area contributed by atoms with E-state index in [2.05, 4.69) is 55.9 Å². The van der Waals surface area contributed by atoms with Gasteiger partial charge in [0, 0.05) is 43.8 Å². The fraction of sp³-hybridized carbons (Fsp3) is 0.571. The molecule has 0 spiro atoms. The van der Waals surface area contributed by atoms with Gasteiger partial charge in [0.25, 0.3) is 0 Å². The molecule has 0 aliphatic carbocycles. The number of nitrogens with zero attached hydrogens (tertiary/aromatic N) is 2. The highest BCUT2D eigenvalue weighted by molar-refractivity contribution is 5.92. The largest absolute Gasteiger partial charge is 0.497 e. The molecule has 0 amide bonds. The van der Waals surface area contributed by atoms with Crippen molar-refractivity contribution in [1.29, 1.82) is 0 Å². The summed E-state index contributed by atoms with van der Waals surface area (Å²) in [4.78, 5) is 7.16. The van der Waals surface area contributed by atoms with Crippen molar-refractivity contribution >= 4 is 41.4 Å². The lowest BCUT2D eigenvalue weighted by atomic mass is 10.1. The van der Waals surface area contributed by atoms with Crippen molar-refractivity contribution in [2.75, 3.05) is 38.6 Å². The molecule has 2 rings (SSSR count). The van der Waals surface area contributed by atoms with Gasteiger partial charge in [0.15, 0.2) is 0 Å². The molecule has 0 saturated carbocycles. The maximum absolute atomic E-state index is 5.46. The molecule has 0 unspecified atom stereocenters. The number of fused-ring (bicyclic) bond motifs is 1. The molecule has 0 aliphatic rings. The van der Waals surface area contributed by atoms with Crippen LogP contribution in [0.2, 0.25) is 0 Å². The van der Waals surface area contributed by atoms with E-state index in [0.717, 1.165) is 54.1 Å². The van der Waals surface area contributed by atoms with Crippen LogP contribution < -0.4 is 10.1 Å². The first-order valence-electron chi connectivity index (χ1n) is 9.29. The molecule has 4 nitrogen and oxygen atoms in total. The molecule has 1 N–H and O–H groups in total. The Hall–Kier alpha value is -1.23. The zero-order chi connectivity index (χ0) is 18.4. The fourth-order valence-electron chi connectivity index (χ4n) is 3.22. The van der Waals surface area contributed by atoms with Gasteiger partial charge in [-0.2, -0.15) is 0 Å². The molecule has 0 bridgehead atoms. The van der Waals surface area contributed by atoms with Crippen molar-refractivity contribution in [3.63, 3.8) is 0 Å². The molecule has 0 atom stereocenters. The van der Waals surface area contributed by atoms with Gasteiger partial charge in [0.1, 0.15) is 5.75 Å². The second-order valence-corrected chi connectivity index (χ2v) is 7.73. The van der Waals surface area contributed by atoms with Crippen LogP contribution in [-0.4, -0.2) is 43.2 Å². The molecular weight excluding hydrogens is 381 g/mol.